The van der Waals surface area contributed by atoms with Crippen LogP contribution >= 0.6 is 27.7 Å². The lowest BCUT2D eigenvalue weighted by atomic mass is 10.3. The van der Waals surface area contributed by atoms with Crippen molar-refractivity contribution in [1.29, 1.82) is 0 Å². The second-order valence-corrected chi connectivity index (χ2v) is 7.27. The maximum absolute atomic E-state index is 5.22. The molecule has 0 bridgehead atoms. The monoisotopic (exact) mass is 414 g/mol. The van der Waals surface area contributed by atoms with E-state index in [0.717, 1.165) is 38.2 Å². The van der Waals surface area contributed by atoms with Gasteiger partial charge in [-0.2, -0.15) is 0 Å². The van der Waals surface area contributed by atoms with Gasteiger partial charge in [0.1, 0.15) is 11.4 Å². The number of fused-ring (bicyclic) bond motifs is 1. The van der Waals surface area contributed by atoms with E-state index in [1.165, 1.54) is 0 Å². The van der Waals surface area contributed by atoms with Crippen LogP contribution in [0.2, 0.25) is 0 Å². The van der Waals surface area contributed by atoms with Gasteiger partial charge in [0.05, 0.1) is 12.8 Å². The predicted octanol–water partition coefficient (Wildman–Crippen LogP) is 4.58. The molecule has 0 unspecified atom stereocenters. The van der Waals surface area contributed by atoms with Crippen LogP contribution in [0.3, 0.4) is 0 Å². The minimum Gasteiger partial charge on any atom is -0.497 e. The molecule has 0 fully saturated rings. The summed E-state index contributed by atoms with van der Waals surface area (Å²) in [4.78, 5) is 9.12. The number of imidazole rings is 2. The SMILES string of the molecule is COc1ccc(-n2ccnc2SCc2cn3cc(Br)ccc3n2)cc1. The first-order valence-electron chi connectivity index (χ1n) is 7.66. The second-order valence-electron chi connectivity index (χ2n) is 5.41. The van der Waals surface area contributed by atoms with Gasteiger partial charge in [-0.25, -0.2) is 9.97 Å². The molecule has 0 N–H and O–H groups in total. The summed E-state index contributed by atoms with van der Waals surface area (Å²) in [6, 6.07) is 11.9. The zero-order chi connectivity index (χ0) is 17.2. The average Bonchev–Trinajstić information content (AvgIpc) is 3.26. The number of benzene rings is 1. The minimum absolute atomic E-state index is 0.756. The highest BCUT2D eigenvalue weighted by Gasteiger charge is 2.08. The first kappa shape index (κ1) is 16.2. The van der Waals surface area contributed by atoms with Crippen molar-refractivity contribution in [2.45, 2.75) is 10.9 Å². The van der Waals surface area contributed by atoms with Crippen LogP contribution in [0.5, 0.6) is 5.75 Å². The lowest BCUT2D eigenvalue weighted by Gasteiger charge is -2.07. The molecule has 0 saturated carbocycles. The molecular weight excluding hydrogens is 400 g/mol. The molecule has 0 aliphatic carbocycles. The van der Waals surface area contributed by atoms with Crippen LogP contribution in [0.1, 0.15) is 5.69 Å². The number of nitrogens with zero attached hydrogens (tertiary/aromatic N) is 4. The summed E-state index contributed by atoms with van der Waals surface area (Å²) in [5.74, 6) is 1.60. The summed E-state index contributed by atoms with van der Waals surface area (Å²) in [5, 5.41) is 0.934. The maximum atomic E-state index is 5.22. The highest BCUT2D eigenvalue weighted by molar-refractivity contribution is 9.10. The van der Waals surface area contributed by atoms with Gasteiger partial charge in [0, 0.05) is 40.7 Å². The molecule has 3 aromatic heterocycles. The summed E-state index contributed by atoms with van der Waals surface area (Å²) in [5.41, 5.74) is 3.02. The zero-order valence-corrected chi connectivity index (χ0v) is 15.9. The van der Waals surface area contributed by atoms with Gasteiger partial charge in [0.25, 0.3) is 0 Å². The first-order chi connectivity index (χ1) is 12.2. The molecule has 0 radical (unpaired) electrons. The molecule has 0 spiro atoms. The van der Waals surface area contributed by atoms with Crippen LogP contribution in [0.4, 0.5) is 0 Å². The van der Waals surface area contributed by atoms with Crippen molar-refractivity contribution in [3.05, 3.63) is 71.4 Å². The molecule has 0 aliphatic rings. The lowest BCUT2D eigenvalue weighted by Crippen LogP contribution is -1.95. The van der Waals surface area contributed by atoms with Crippen LogP contribution in [0.15, 0.2) is 70.8 Å². The Morgan fingerprint density at radius 2 is 1.96 bits per heavy atom. The van der Waals surface area contributed by atoms with Crippen molar-refractivity contribution in [1.82, 2.24) is 18.9 Å². The average molecular weight is 415 g/mol. The maximum Gasteiger partial charge on any atom is 0.172 e. The minimum atomic E-state index is 0.756. The standard InChI is InChI=1S/C18H15BrN4OS/c1-24-16-5-3-15(4-6-16)23-9-8-20-18(23)25-12-14-11-22-10-13(19)2-7-17(22)21-14/h2-11H,12H2,1H3. The normalized spacial score (nSPS) is 11.1. The highest BCUT2D eigenvalue weighted by Crippen LogP contribution is 2.25. The molecule has 0 atom stereocenters. The smallest absolute Gasteiger partial charge is 0.172 e. The van der Waals surface area contributed by atoms with Gasteiger partial charge < -0.3 is 9.14 Å². The van der Waals surface area contributed by atoms with Crippen molar-refractivity contribution < 1.29 is 4.74 Å². The van der Waals surface area contributed by atoms with Crippen molar-refractivity contribution >= 4 is 33.3 Å². The lowest BCUT2D eigenvalue weighted by molar-refractivity contribution is 0.414. The van der Waals surface area contributed by atoms with Crippen LogP contribution in [0, 0.1) is 0 Å². The molecule has 0 aliphatic heterocycles. The fraction of sp³-hybridized carbons (Fsp3) is 0.111. The summed E-state index contributed by atoms with van der Waals surface area (Å²) >= 11 is 5.15. The highest BCUT2D eigenvalue weighted by atomic mass is 79.9. The Morgan fingerprint density at radius 1 is 1.12 bits per heavy atom. The third-order valence-electron chi connectivity index (χ3n) is 3.77. The Hall–Kier alpha value is -2.25. The molecule has 126 valence electrons. The number of hydrogen-bond acceptors (Lipinski definition) is 4. The Bertz CT molecular complexity index is 1010. The van der Waals surface area contributed by atoms with Gasteiger partial charge in [-0.3, -0.25) is 4.57 Å². The number of aromatic nitrogens is 4. The van der Waals surface area contributed by atoms with Crippen LogP contribution in [0.25, 0.3) is 11.3 Å². The molecule has 7 heteroatoms. The molecular formula is C18H15BrN4OS. The molecule has 5 nitrogen and oxygen atoms in total. The molecule has 1 aromatic carbocycles. The first-order valence-corrected chi connectivity index (χ1v) is 9.44. The molecule has 4 aromatic rings. The number of rotatable bonds is 5. The van der Waals surface area contributed by atoms with E-state index < -0.39 is 0 Å². The van der Waals surface area contributed by atoms with Crippen molar-refractivity contribution in [3.8, 4) is 11.4 Å². The Morgan fingerprint density at radius 3 is 2.76 bits per heavy atom. The Balaban J connectivity index is 1.53. The quantitative estimate of drug-likeness (QED) is 0.448. The van der Waals surface area contributed by atoms with Gasteiger partial charge >= 0.3 is 0 Å². The third kappa shape index (κ3) is 3.43. The summed E-state index contributed by atoms with van der Waals surface area (Å²) in [6.07, 6.45) is 7.83. The summed E-state index contributed by atoms with van der Waals surface area (Å²) in [7, 11) is 1.67. The topological polar surface area (TPSA) is 44.4 Å². The summed E-state index contributed by atoms with van der Waals surface area (Å²) in [6.45, 7) is 0. The van der Waals surface area contributed by atoms with Crippen LogP contribution in [-0.2, 0) is 5.75 Å². The van der Waals surface area contributed by atoms with Gasteiger partial charge in [0.15, 0.2) is 5.16 Å². The van der Waals surface area contributed by atoms with Crippen LogP contribution < -0.4 is 4.74 Å². The van der Waals surface area contributed by atoms with E-state index in [9.17, 15) is 0 Å². The third-order valence-corrected chi connectivity index (χ3v) is 5.24. The molecule has 25 heavy (non-hydrogen) atoms. The number of pyridine rings is 1. The largest absolute Gasteiger partial charge is 0.497 e. The van der Waals surface area contributed by atoms with Crippen molar-refractivity contribution in [2.75, 3.05) is 7.11 Å². The van der Waals surface area contributed by atoms with E-state index in [2.05, 4.69) is 30.5 Å². The number of methoxy groups -OCH3 is 1. The molecule has 4 rings (SSSR count). The van der Waals surface area contributed by atoms with Gasteiger partial charge in [0.2, 0.25) is 0 Å². The fourth-order valence-corrected chi connectivity index (χ4v) is 3.77. The number of hydrogen-bond donors (Lipinski definition) is 0. The van der Waals surface area contributed by atoms with E-state index in [1.807, 2.05) is 65.6 Å². The van der Waals surface area contributed by atoms with E-state index >= 15 is 0 Å². The summed E-state index contributed by atoms with van der Waals surface area (Å²) < 4.78 is 10.3. The second kappa shape index (κ2) is 6.93. The van der Waals surface area contributed by atoms with Gasteiger partial charge in [-0.15, -0.1) is 0 Å². The van der Waals surface area contributed by atoms with E-state index in [1.54, 1.807) is 18.9 Å². The molecule has 0 amide bonds. The zero-order valence-electron chi connectivity index (χ0n) is 13.5. The van der Waals surface area contributed by atoms with Crippen molar-refractivity contribution in [2.24, 2.45) is 0 Å². The number of thioether (sulfide) groups is 1. The Kier molecular flexibility index (Phi) is 4.50. The van der Waals surface area contributed by atoms with Crippen LogP contribution in [-0.4, -0.2) is 26.0 Å². The Labute approximate surface area is 157 Å². The predicted molar refractivity (Wildman–Crippen MR) is 103 cm³/mol. The van der Waals surface area contributed by atoms with Gasteiger partial charge in [-0.05, 0) is 52.3 Å². The number of halogens is 1. The van der Waals surface area contributed by atoms with E-state index in [0.29, 0.717) is 0 Å². The van der Waals surface area contributed by atoms with E-state index in [4.69, 9.17) is 4.74 Å². The van der Waals surface area contributed by atoms with E-state index in [-0.39, 0.29) is 0 Å². The number of ether oxygens (including phenoxy) is 1. The fourth-order valence-electron chi connectivity index (χ4n) is 2.56. The van der Waals surface area contributed by atoms with Crippen molar-refractivity contribution in [3.63, 3.8) is 0 Å². The molecule has 3 heterocycles. The van der Waals surface area contributed by atoms with Gasteiger partial charge in [-0.1, -0.05) is 11.8 Å². The molecule has 0 saturated heterocycles.